The summed E-state index contributed by atoms with van der Waals surface area (Å²) < 4.78 is 1.20. The molecule has 0 saturated carbocycles. The Morgan fingerprint density at radius 1 is 1.04 bits per heavy atom. The number of aromatic nitrogens is 5. The van der Waals surface area contributed by atoms with Crippen LogP contribution in [0, 0.1) is 0 Å². The fraction of sp³-hybridized carbons (Fsp3) is 0. The first-order valence-corrected chi connectivity index (χ1v) is 6.94. The van der Waals surface area contributed by atoms with Crippen molar-refractivity contribution in [2.45, 2.75) is 0 Å². The van der Waals surface area contributed by atoms with Crippen LogP contribution in [-0.4, -0.2) is 24.7 Å². The Bertz CT molecular complexity index is 1110. The number of fused-ring (bicyclic) bond motifs is 1. The number of halogens is 1. The van der Waals surface area contributed by atoms with Crippen LogP contribution in [-0.2, 0) is 0 Å². The molecule has 2 N–H and O–H groups in total. The normalized spacial score (nSPS) is 10.5. The number of H-pyrrole nitrogens is 2. The third kappa shape index (κ3) is 2.50. The van der Waals surface area contributed by atoms with Gasteiger partial charge in [-0.05, 0) is 18.2 Å². The minimum atomic E-state index is -0.309. The van der Waals surface area contributed by atoms with Crippen molar-refractivity contribution in [3.63, 3.8) is 0 Å². The van der Waals surface area contributed by atoms with E-state index in [9.17, 15) is 9.59 Å². The predicted molar refractivity (Wildman–Crippen MR) is 92.8 cm³/mol. The highest BCUT2D eigenvalue weighted by Crippen LogP contribution is 2.13. The molecule has 8 heteroatoms. The van der Waals surface area contributed by atoms with Gasteiger partial charge in [-0.2, -0.15) is 4.68 Å². The van der Waals surface area contributed by atoms with Crippen LogP contribution in [0.5, 0.6) is 0 Å². The zero-order valence-corrected chi connectivity index (χ0v) is 13.1. The van der Waals surface area contributed by atoms with Crippen molar-refractivity contribution in [3.05, 3.63) is 75.7 Å². The van der Waals surface area contributed by atoms with Crippen molar-refractivity contribution in [1.29, 1.82) is 0 Å². The van der Waals surface area contributed by atoms with Crippen molar-refractivity contribution in [2.75, 3.05) is 0 Å². The number of nitrogens with zero attached hydrogens (tertiary/aromatic N) is 3. The van der Waals surface area contributed by atoms with Crippen LogP contribution in [0.3, 0.4) is 0 Å². The number of para-hydroxylation sites is 1. The Kier molecular flexibility index (Phi) is 4.01. The van der Waals surface area contributed by atoms with E-state index in [1.54, 1.807) is 55.0 Å². The van der Waals surface area contributed by atoms with E-state index in [2.05, 4.69) is 20.1 Å². The van der Waals surface area contributed by atoms with E-state index in [0.717, 1.165) is 0 Å². The molecule has 120 valence electrons. The number of nitrogens with one attached hydrogen (secondary N) is 2. The van der Waals surface area contributed by atoms with Crippen LogP contribution in [0.1, 0.15) is 0 Å². The first-order chi connectivity index (χ1) is 11.2. The molecule has 0 spiro atoms. The topological polar surface area (TPSA) is 96.4 Å². The SMILES string of the molecule is Cl.O=c1[nH]c(-n2[nH]cc(-c3cccnc3)c2=O)nc2ccccc12. The highest BCUT2D eigenvalue weighted by atomic mass is 35.5. The molecule has 0 aliphatic carbocycles. The predicted octanol–water partition coefficient (Wildman–Crippen LogP) is 1.89. The Morgan fingerprint density at radius 3 is 2.67 bits per heavy atom. The summed E-state index contributed by atoms with van der Waals surface area (Å²) in [5.41, 5.74) is 1.06. The van der Waals surface area contributed by atoms with Gasteiger partial charge in [0.2, 0.25) is 5.95 Å². The van der Waals surface area contributed by atoms with Gasteiger partial charge in [-0.3, -0.25) is 24.7 Å². The van der Waals surface area contributed by atoms with Gasteiger partial charge in [0.1, 0.15) is 0 Å². The fourth-order valence-electron chi connectivity index (χ4n) is 2.44. The van der Waals surface area contributed by atoms with Gasteiger partial charge in [0, 0.05) is 24.2 Å². The lowest BCUT2D eigenvalue weighted by molar-refractivity contribution is 0.785. The van der Waals surface area contributed by atoms with Crippen LogP contribution in [0.2, 0.25) is 0 Å². The highest BCUT2D eigenvalue weighted by Gasteiger charge is 2.12. The summed E-state index contributed by atoms with van der Waals surface area (Å²) >= 11 is 0. The van der Waals surface area contributed by atoms with Crippen molar-refractivity contribution < 1.29 is 0 Å². The number of aromatic amines is 2. The molecule has 3 heterocycles. The van der Waals surface area contributed by atoms with Crippen LogP contribution < -0.4 is 11.1 Å². The molecule has 0 bridgehead atoms. The minimum Gasteiger partial charge on any atom is -0.295 e. The van der Waals surface area contributed by atoms with Crippen molar-refractivity contribution in [3.8, 4) is 17.1 Å². The number of hydrogen-bond acceptors (Lipinski definition) is 4. The van der Waals surface area contributed by atoms with E-state index >= 15 is 0 Å². The van der Waals surface area contributed by atoms with E-state index in [4.69, 9.17) is 0 Å². The smallest absolute Gasteiger partial charge is 0.281 e. The maximum Gasteiger partial charge on any atom is 0.281 e. The molecule has 0 unspecified atom stereocenters. The van der Waals surface area contributed by atoms with E-state index in [0.29, 0.717) is 22.0 Å². The van der Waals surface area contributed by atoms with E-state index in [1.807, 2.05) is 0 Å². The summed E-state index contributed by atoms with van der Waals surface area (Å²) in [5.74, 6) is 0.147. The monoisotopic (exact) mass is 341 g/mol. The van der Waals surface area contributed by atoms with Gasteiger partial charge in [0.25, 0.3) is 11.1 Å². The van der Waals surface area contributed by atoms with Crippen LogP contribution in [0.15, 0.2) is 64.6 Å². The molecule has 0 amide bonds. The van der Waals surface area contributed by atoms with Gasteiger partial charge in [-0.25, -0.2) is 4.98 Å². The van der Waals surface area contributed by atoms with Crippen LogP contribution >= 0.6 is 12.4 Å². The molecule has 0 radical (unpaired) electrons. The minimum absolute atomic E-state index is 0. The molecule has 1 aromatic carbocycles. The molecule has 0 aliphatic rings. The van der Waals surface area contributed by atoms with Crippen molar-refractivity contribution in [1.82, 2.24) is 24.7 Å². The van der Waals surface area contributed by atoms with E-state index in [1.165, 1.54) is 4.68 Å². The van der Waals surface area contributed by atoms with Gasteiger partial charge in [0.15, 0.2) is 0 Å². The summed E-state index contributed by atoms with van der Waals surface area (Å²) in [7, 11) is 0. The molecule has 4 aromatic rings. The molecule has 4 rings (SSSR count). The fourth-order valence-corrected chi connectivity index (χ4v) is 2.44. The second-order valence-electron chi connectivity index (χ2n) is 4.98. The van der Waals surface area contributed by atoms with Gasteiger partial charge < -0.3 is 0 Å². The van der Waals surface area contributed by atoms with Gasteiger partial charge in [-0.1, -0.05) is 18.2 Å². The summed E-state index contributed by atoms with van der Waals surface area (Å²) in [6.07, 6.45) is 4.80. The molecule has 7 nitrogen and oxygen atoms in total. The average Bonchev–Trinajstić information content (AvgIpc) is 2.97. The van der Waals surface area contributed by atoms with Gasteiger partial charge >= 0.3 is 0 Å². The Balaban J connectivity index is 0.00000169. The standard InChI is InChI=1S/C16H11N5O2.ClH/c22-14-11-5-1-2-6-13(11)19-16(20-14)21-15(23)12(9-18-21)10-4-3-7-17-8-10;/h1-9,18H,(H,19,20,22);1H. The van der Waals surface area contributed by atoms with E-state index in [-0.39, 0.29) is 29.5 Å². The molecule has 3 aromatic heterocycles. The molecular weight excluding hydrogens is 330 g/mol. The lowest BCUT2D eigenvalue weighted by Gasteiger charge is -2.02. The lowest BCUT2D eigenvalue weighted by Crippen LogP contribution is -2.22. The molecule has 0 atom stereocenters. The third-order valence-electron chi connectivity index (χ3n) is 3.56. The van der Waals surface area contributed by atoms with Gasteiger partial charge in [-0.15, -0.1) is 12.4 Å². The first-order valence-electron chi connectivity index (χ1n) is 6.94. The maximum absolute atomic E-state index is 12.6. The zero-order chi connectivity index (χ0) is 15.8. The maximum atomic E-state index is 12.6. The van der Waals surface area contributed by atoms with Crippen molar-refractivity contribution in [2.24, 2.45) is 0 Å². The van der Waals surface area contributed by atoms with Crippen LogP contribution in [0.25, 0.3) is 28.0 Å². The zero-order valence-electron chi connectivity index (χ0n) is 12.3. The summed E-state index contributed by atoms with van der Waals surface area (Å²) in [4.78, 5) is 35.6. The summed E-state index contributed by atoms with van der Waals surface area (Å²) in [6.45, 7) is 0. The number of rotatable bonds is 2. The van der Waals surface area contributed by atoms with Crippen LogP contribution in [0.4, 0.5) is 0 Å². The second-order valence-corrected chi connectivity index (χ2v) is 4.98. The van der Waals surface area contributed by atoms with Crippen molar-refractivity contribution >= 4 is 23.3 Å². The molecule has 0 saturated heterocycles. The molecular formula is C16H12ClN5O2. The molecule has 0 aliphatic heterocycles. The number of hydrogen-bond donors (Lipinski definition) is 2. The first kappa shape index (κ1) is 15.7. The molecule has 0 fully saturated rings. The number of pyridine rings is 1. The molecule has 24 heavy (non-hydrogen) atoms. The Hall–Kier alpha value is -3.19. The third-order valence-corrected chi connectivity index (χ3v) is 3.56. The average molecular weight is 342 g/mol. The second kappa shape index (κ2) is 6.13. The quantitative estimate of drug-likeness (QED) is 0.582. The van der Waals surface area contributed by atoms with E-state index < -0.39 is 0 Å². The Labute approximate surface area is 141 Å². The summed E-state index contributed by atoms with van der Waals surface area (Å²) in [6, 6.07) is 10.5. The lowest BCUT2D eigenvalue weighted by atomic mass is 10.2. The highest BCUT2D eigenvalue weighted by molar-refractivity contribution is 5.85. The van der Waals surface area contributed by atoms with Gasteiger partial charge in [0.05, 0.1) is 16.5 Å². The largest absolute Gasteiger partial charge is 0.295 e. The summed E-state index contributed by atoms with van der Waals surface area (Å²) in [5, 5.41) is 3.30. The number of benzene rings is 1. The Morgan fingerprint density at radius 2 is 1.88 bits per heavy atom.